The summed E-state index contributed by atoms with van der Waals surface area (Å²) in [7, 11) is 0. The summed E-state index contributed by atoms with van der Waals surface area (Å²) in [6, 6.07) is 4.30. The summed E-state index contributed by atoms with van der Waals surface area (Å²) in [5.74, 6) is 1.69. The van der Waals surface area contributed by atoms with Crippen molar-refractivity contribution in [1.29, 1.82) is 0 Å². The van der Waals surface area contributed by atoms with Crippen molar-refractivity contribution in [3.63, 3.8) is 0 Å². The quantitative estimate of drug-likeness (QED) is 0.834. The van der Waals surface area contributed by atoms with Crippen LogP contribution in [-0.4, -0.2) is 0 Å². The summed E-state index contributed by atoms with van der Waals surface area (Å²) in [5.41, 5.74) is 10.7. The molecule has 3 rings (SSSR count). The maximum absolute atomic E-state index is 5.94. The van der Waals surface area contributed by atoms with Gasteiger partial charge in [0.25, 0.3) is 0 Å². The Labute approximate surface area is 95.4 Å². The molecule has 0 radical (unpaired) electrons. The summed E-state index contributed by atoms with van der Waals surface area (Å²) in [4.78, 5) is 0. The average Bonchev–Trinajstić information content (AvgIpc) is 3.03. The number of hydrogen-bond donors (Lipinski definition) is 1. The van der Waals surface area contributed by atoms with Gasteiger partial charge in [-0.1, -0.05) is 12.1 Å². The molecule has 1 aromatic carbocycles. The number of fused-ring (bicyclic) bond motifs is 1. The molecule has 2 N–H and O–H groups in total. The van der Waals surface area contributed by atoms with Gasteiger partial charge < -0.3 is 10.2 Å². The molecular weight excluding hydrogens is 198 g/mol. The van der Waals surface area contributed by atoms with Crippen molar-refractivity contribution >= 4 is 11.0 Å². The summed E-state index contributed by atoms with van der Waals surface area (Å²) >= 11 is 0. The third kappa shape index (κ3) is 1.30. The van der Waals surface area contributed by atoms with E-state index in [9.17, 15) is 0 Å². The fourth-order valence-corrected chi connectivity index (χ4v) is 2.52. The zero-order valence-electron chi connectivity index (χ0n) is 9.84. The van der Waals surface area contributed by atoms with E-state index >= 15 is 0 Å². The van der Waals surface area contributed by atoms with Gasteiger partial charge in [-0.25, -0.2) is 0 Å². The van der Waals surface area contributed by atoms with Crippen molar-refractivity contribution in [2.24, 2.45) is 5.73 Å². The maximum atomic E-state index is 5.94. The number of furan rings is 1. The Kier molecular flexibility index (Phi) is 2.08. The zero-order chi connectivity index (χ0) is 11.3. The molecule has 2 aromatic rings. The second kappa shape index (κ2) is 3.36. The minimum atomic E-state index is 0.513. The minimum absolute atomic E-state index is 0.513. The first-order valence-corrected chi connectivity index (χ1v) is 5.94. The van der Waals surface area contributed by atoms with Crippen LogP contribution in [0.25, 0.3) is 11.0 Å². The third-order valence-corrected chi connectivity index (χ3v) is 3.53. The van der Waals surface area contributed by atoms with Crippen LogP contribution in [0.4, 0.5) is 0 Å². The molecule has 2 heteroatoms. The lowest BCUT2D eigenvalue weighted by Crippen LogP contribution is -1.97. The van der Waals surface area contributed by atoms with Crippen LogP contribution in [0.5, 0.6) is 0 Å². The van der Waals surface area contributed by atoms with Gasteiger partial charge in [0.15, 0.2) is 0 Å². The van der Waals surface area contributed by atoms with Gasteiger partial charge in [0, 0.05) is 10.9 Å². The topological polar surface area (TPSA) is 39.2 Å². The van der Waals surface area contributed by atoms with Crippen LogP contribution in [-0.2, 0) is 6.54 Å². The van der Waals surface area contributed by atoms with Gasteiger partial charge in [-0.2, -0.15) is 0 Å². The Balaban J connectivity index is 2.39. The molecule has 0 unspecified atom stereocenters. The van der Waals surface area contributed by atoms with E-state index in [0.29, 0.717) is 12.5 Å². The smallest absolute Gasteiger partial charge is 0.137 e. The van der Waals surface area contributed by atoms with Gasteiger partial charge >= 0.3 is 0 Å². The second-order valence-corrected chi connectivity index (χ2v) is 4.82. The van der Waals surface area contributed by atoms with Crippen LogP contribution in [0.3, 0.4) is 0 Å². The molecular formula is C14H17NO. The lowest BCUT2D eigenvalue weighted by Gasteiger charge is -2.01. The van der Waals surface area contributed by atoms with E-state index in [1.54, 1.807) is 0 Å². The Morgan fingerprint density at radius 3 is 2.56 bits per heavy atom. The summed E-state index contributed by atoms with van der Waals surface area (Å²) in [6.45, 7) is 4.77. The first-order chi connectivity index (χ1) is 7.72. The predicted molar refractivity (Wildman–Crippen MR) is 65.6 cm³/mol. The Bertz CT molecular complexity index is 549. The molecule has 0 saturated heterocycles. The van der Waals surface area contributed by atoms with Gasteiger partial charge in [-0.15, -0.1) is 0 Å². The highest BCUT2D eigenvalue weighted by molar-refractivity contribution is 5.89. The third-order valence-electron chi connectivity index (χ3n) is 3.53. The first-order valence-electron chi connectivity index (χ1n) is 5.94. The van der Waals surface area contributed by atoms with Crippen molar-refractivity contribution in [2.45, 2.75) is 39.2 Å². The van der Waals surface area contributed by atoms with Crippen molar-refractivity contribution < 1.29 is 4.42 Å². The van der Waals surface area contributed by atoms with E-state index in [2.05, 4.69) is 26.0 Å². The predicted octanol–water partition coefficient (Wildman–Crippen LogP) is 3.39. The molecule has 1 aliphatic rings. The highest BCUT2D eigenvalue weighted by atomic mass is 16.3. The minimum Gasteiger partial charge on any atom is -0.459 e. The molecule has 1 heterocycles. The molecule has 1 aliphatic carbocycles. The molecule has 0 bridgehead atoms. The molecule has 0 atom stereocenters. The van der Waals surface area contributed by atoms with Gasteiger partial charge in [0.2, 0.25) is 0 Å². The van der Waals surface area contributed by atoms with Crippen molar-refractivity contribution in [3.8, 4) is 0 Å². The molecule has 0 amide bonds. The average molecular weight is 215 g/mol. The number of rotatable bonds is 2. The van der Waals surface area contributed by atoms with E-state index in [0.717, 1.165) is 11.3 Å². The largest absolute Gasteiger partial charge is 0.459 e. The van der Waals surface area contributed by atoms with Gasteiger partial charge in [0.05, 0.1) is 6.54 Å². The van der Waals surface area contributed by atoms with Crippen molar-refractivity contribution in [2.75, 3.05) is 0 Å². The molecule has 0 aliphatic heterocycles. The van der Waals surface area contributed by atoms with Crippen molar-refractivity contribution in [1.82, 2.24) is 0 Å². The van der Waals surface area contributed by atoms with Gasteiger partial charge in [-0.3, -0.25) is 0 Å². The SMILES string of the molecule is Cc1ccc(C)c2c(C3CC3)c(CN)oc12. The lowest BCUT2D eigenvalue weighted by atomic mass is 10.00. The Hall–Kier alpha value is -1.28. The Morgan fingerprint density at radius 1 is 1.25 bits per heavy atom. The normalized spacial score (nSPS) is 15.9. The monoisotopic (exact) mass is 215 g/mol. The van der Waals surface area contributed by atoms with E-state index in [1.165, 1.54) is 34.9 Å². The fraction of sp³-hybridized carbons (Fsp3) is 0.429. The molecule has 84 valence electrons. The molecule has 16 heavy (non-hydrogen) atoms. The Morgan fingerprint density at radius 2 is 1.94 bits per heavy atom. The van der Waals surface area contributed by atoms with Crippen LogP contribution in [0.15, 0.2) is 16.5 Å². The fourth-order valence-electron chi connectivity index (χ4n) is 2.52. The summed E-state index contributed by atoms with van der Waals surface area (Å²) in [5, 5.41) is 1.32. The van der Waals surface area contributed by atoms with Gasteiger partial charge in [0.1, 0.15) is 11.3 Å². The molecule has 0 spiro atoms. The number of benzene rings is 1. The highest BCUT2D eigenvalue weighted by Crippen LogP contribution is 2.47. The molecule has 1 aromatic heterocycles. The zero-order valence-corrected chi connectivity index (χ0v) is 9.84. The lowest BCUT2D eigenvalue weighted by molar-refractivity contribution is 0.544. The van der Waals surface area contributed by atoms with Crippen LogP contribution < -0.4 is 5.73 Å². The summed E-state index contributed by atoms with van der Waals surface area (Å²) in [6.07, 6.45) is 2.57. The van der Waals surface area contributed by atoms with Gasteiger partial charge in [-0.05, 0) is 43.7 Å². The highest BCUT2D eigenvalue weighted by Gasteiger charge is 2.31. The van der Waals surface area contributed by atoms with Crippen molar-refractivity contribution in [3.05, 3.63) is 34.6 Å². The number of aryl methyl sites for hydroxylation is 2. The second-order valence-electron chi connectivity index (χ2n) is 4.82. The standard InChI is InChI=1S/C14H17NO/c1-8-3-4-9(2)14-12(8)13(10-5-6-10)11(7-15)16-14/h3-4,10H,5-7,15H2,1-2H3. The maximum Gasteiger partial charge on any atom is 0.137 e. The van der Waals surface area contributed by atoms with E-state index < -0.39 is 0 Å². The first kappa shape index (κ1) is 9.91. The van der Waals surface area contributed by atoms with Crippen LogP contribution in [0, 0.1) is 13.8 Å². The molecule has 1 fully saturated rings. The van der Waals surface area contributed by atoms with Crippen LogP contribution >= 0.6 is 0 Å². The summed E-state index contributed by atoms with van der Waals surface area (Å²) < 4.78 is 5.94. The van der Waals surface area contributed by atoms with E-state index in [4.69, 9.17) is 10.2 Å². The number of hydrogen-bond acceptors (Lipinski definition) is 2. The van der Waals surface area contributed by atoms with E-state index in [1.807, 2.05) is 0 Å². The molecule has 2 nitrogen and oxygen atoms in total. The molecule has 1 saturated carbocycles. The number of nitrogens with two attached hydrogens (primary N) is 1. The van der Waals surface area contributed by atoms with Crippen LogP contribution in [0.2, 0.25) is 0 Å². The van der Waals surface area contributed by atoms with Crippen LogP contribution in [0.1, 0.15) is 41.2 Å². The van der Waals surface area contributed by atoms with E-state index in [-0.39, 0.29) is 0 Å².